The van der Waals surface area contributed by atoms with E-state index in [9.17, 15) is 0 Å². The number of nitrogens with zero attached hydrogens (tertiary/aromatic N) is 1. The number of aromatic nitrogens is 1. The SMILES string of the molecule is CCCNC(Cc1cccnc1N)C(OC)C(C)(C)C. The Morgan fingerprint density at radius 2 is 2.10 bits per heavy atom. The van der Waals surface area contributed by atoms with E-state index in [0.717, 1.165) is 24.9 Å². The zero-order chi connectivity index (χ0) is 15.2. The largest absolute Gasteiger partial charge is 0.383 e. The van der Waals surface area contributed by atoms with E-state index in [0.29, 0.717) is 5.82 Å². The van der Waals surface area contributed by atoms with Crippen molar-refractivity contribution in [3.05, 3.63) is 23.9 Å². The number of ether oxygens (including phenoxy) is 1. The maximum Gasteiger partial charge on any atom is 0.126 e. The Balaban J connectivity index is 2.91. The second-order valence-electron chi connectivity index (χ2n) is 6.33. The highest BCUT2D eigenvalue weighted by atomic mass is 16.5. The van der Waals surface area contributed by atoms with Crippen LogP contribution >= 0.6 is 0 Å². The zero-order valence-corrected chi connectivity index (χ0v) is 13.4. The lowest BCUT2D eigenvalue weighted by Gasteiger charge is -2.36. The highest BCUT2D eigenvalue weighted by molar-refractivity contribution is 5.39. The van der Waals surface area contributed by atoms with Gasteiger partial charge in [-0.2, -0.15) is 0 Å². The van der Waals surface area contributed by atoms with Crippen LogP contribution in [0.25, 0.3) is 0 Å². The molecule has 0 saturated carbocycles. The topological polar surface area (TPSA) is 60.2 Å². The van der Waals surface area contributed by atoms with Crippen molar-refractivity contribution in [1.29, 1.82) is 0 Å². The molecule has 0 aromatic carbocycles. The molecule has 0 aliphatic rings. The van der Waals surface area contributed by atoms with E-state index in [4.69, 9.17) is 10.5 Å². The molecular formula is C16H29N3O. The maximum atomic E-state index is 5.97. The smallest absolute Gasteiger partial charge is 0.126 e. The number of nitrogens with one attached hydrogen (secondary N) is 1. The summed E-state index contributed by atoms with van der Waals surface area (Å²) in [5.41, 5.74) is 7.11. The highest BCUT2D eigenvalue weighted by Crippen LogP contribution is 2.27. The van der Waals surface area contributed by atoms with E-state index in [1.807, 2.05) is 12.1 Å². The number of rotatable bonds is 7. The van der Waals surface area contributed by atoms with E-state index in [2.05, 4.69) is 38.0 Å². The molecule has 0 fully saturated rings. The number of pyridine rings is 1. The van der Waals surface area contributed by atoms with Crippen molar-refractivity contribution in [1.82, 2.24) is 10.3 Å². The first kappa shape index (κ1) is 16.9. The van der Waals surface area contributed by atoms with Gasteiger partial charge in [0.2, 0.25) is 0 Å². The normalized spacial score (nSPS) is 15.1. The molecular weight excluding hydrogens is 250 g/mol. The summed E-state index contributed by atoms with van der Waals surface area (Å²) in [6, 6.07) is 4.20. The third-order valence-electron chi connectivity index (χ3n) is 3.50. The molecule has 1 aromatic rings. The van der Waals surface area contributed by atoms with Gasteiger partial charge in [0.05, 0.1) is 6.10 Å². The summed E-state index contributed by atoms with van der Waals surface area (Å²) >= 11 is 0. The lowest BCUT2D eigenvalue weighted by molar-refractivity contribution is -0.0109. The van der Waals surface area contributed by atoms with Gasteiger partial charge in [-0.05, 0) is 36.4 Å². The van der Waals surface area contributed by atoms with Crippen LogP contribution in [-0.4, -0.2) is 30.8 Å². The summed E-state index contributed by atoms with van der Waals surface area (Å²) in [5.74, 6) is 0.611. The second-order valence-corrected chi connectivity index (χ2v) is 6.33. The number of nitrogens with two attached hydrogens (primary N) is 1. The van der Waals surface area contributed by atoms with Crippen molar-refractivity contribution in [3.63, 3.8) is 0 Å². The van der Waals surface area contributed by atoms with E-state index >= 15 is 0 Å². The van der Waals surface area contributed by atoms with Crippen LogP contribution in [0.4, 0.5) is 5.82 Å². The standard InChI is InChI=1S/C16H29N3O/c1-6-9-18-13(14(20-5)16(2,3)4)11-12-8-7-10-19-15(12)17/h7-8,10,13-14,18H,6,9,11H2,1-5H3,(H2,17,19). The first-order valence-corrected chi connectivity index (χ1v) is 7.35. The molecule has 4 heteroatoms. The molecule has 0 spiro atoms. The molecule has 114 valence electrons. The lowest BCUT2D eigenvalue weighted by atomic mass is 9.82. The predicted octanol–water partition coefficient (Wildman–Crippen LogP) is 2.64. The maximum absolute atomic E-state index is 5.97. The molecule has 0 bridgehead atoms. The molecule has 4 nitrogen and oxygen atoms in total. The van der Waals surface area contributed by atoms with Gasteiger partial charge in [-0.15, -0.1) is 0 Å². The van der Waals surface area contributed by atoms with Crippen LogP contribution in [-0.2, 0) is 11.2 Å². The Labute approximate surface area is 123 Å². The number of hydrogen-bond donors (Lipinski definition) is 2. The first-order valence-electron chi connectivity index (χ1n) is 7.35. The van der Waals surface area contributed by atoms with Crippen LogP contribution < -0.4 is 11.1 Å². The third-order valence-corrected chi connectivity index (χ3v) is 3.50. The Morgan fingerprint density at radius 3 is 2.60 bits per heavy atom. The molecule has 2 unspecified atom stereocenters. The van der Waals surface area contributed by atoms with Crippen molar-refractivity contribution in [3.8, 4) is 0 Å². The summed E-state index contributed by atoms with van der Waals surface area (Å²) in [4.78, 5) is 4.17. The van der Waals surface area contributed by atoms with Crippen LogP contribution in [0.15, 0.2) is 18.3 Å². The minimum Gasteiger partial charge on any atom is -0.383 e. The Hall–Kier alpha value is -1.13. The van der Waals surface area contributed by atoms with Crippen molar-refractivity contribution < 1.29 is 4.74 Å². The fourth-order valence-corrected chi connectivity index (χ4v) is 2.60. The molecule has 1 heterocycles. The summed E-state index contributed by atoms with van der Waals surface area (Å²) < 4.78 is 5.76. The fourth-order valence-electron chi connectivity index (χ4n) is 2.60. The van der Waals surface area contributed by atoms with Gasteiger partial charge < -0.3 is 15.8 Å². The lowest BCUT2D eigenvalue weighted by Crippen LogP contribution is -2.49. The summed E-state index contributed by atoms with van der Waals surface area (Å²) in [5, 5.41) is 3.59. The fraction of sp³-hybridized carbons (Fsp3) is 0.688. The van der Waals surface area contributed by atoms with Crippen LogP contribution in [0.5, 0.6) is 0 Å². The quantitative estimate of drug-likeness (QED) is 0.805. The number of anilines is 1. The average molecular weight is 279 g/mol. The van der Waals surface area contributed by atoms with Crippen molar-refractivity contribution >= 4 is 5.82 Å². The second kappa shape index (κ2) is 7.60. The van der Waals surface area contributed by atoms with Gasteiger partial charge in [0, 0.05) is 19.3 Å². The van der Waals surface area contributed by atoms with Gasteiger partial charge >= 0.3 is 0 Å². The van der Waals surface area contributed by atoms with Gasteiger partial charge in [0.25, 0.3) is 0 Å². The number of methoxy groups -OCH3 is 1. The summed E-state index contributed by atoms with van der Waals surface area (Å²) in [7, 11) is 1.78. The molecule has 20 heavy (non-hydrogen) atoms. The number of hydrogen-bond acceptors (Lipinski definition) is 4. The van der Waals surface area contributed by atoms with E-state index in [-0.39, 0.29) is 17.6 Å². The molecule has 0 amide bonds. The molecule has 0 saturated heterocycles. The van der Waals surface area contributed by atoms with Gasteiger partial charge in [0.15, 0.2) is 0 Å². The van der Waals surface area contributed by atoms with Crippen molar-refractivity contribution in [2.45, 2.75) is 52.7 Å². The van der Waals surface area contributed by atoms with E-state index in [1.54, 1.807) is 13.3 Å². The summed E-state index contributed by atoms with van der Waals surface area (Å²) in [6.45, 7) is 9.75. The van der Waals surface area contributed by atoms with Gasteiger partial charge in [-0.3, -0.25) is 0 Å². The zero-order valence-electron chi connectivity index (χ0n) is 13.4. The Morgan fingerprint density at radius 1 is 1.40 bits per heavy atom. The third kappa shape index (κ3) is 4.76. The van der Waals surface area contributed by atoms with Crippen molar-refractivity contribution in [2.75, 3.05) is 19.4 Å². The van der Waals surface area contributed by atoms with Crippen LogP contribution in [0.2, 0.25) is 0 Å². The average Bonchev–Trinajstić information content (AvgIpc) is 2.37. The minimum absolute atomic E-state index is 0.0666. The van der Waals surface area contributed by atoms with Crippen molar-refractivity contribution in [2.24, 2.45) is 5.41 Å². The Bertz CT molecular complexity index is 401. The van der Waals surface area contributed by atoms with Gasteiger partial charge in [-0.1, -0.05) is 33.8 Å². The molecule has 1 rings (SSSR count). The minimum atomic E-state index is 0.0666. The first-order chi connectivity index (χ1) is 9.40. The number of nitrogen functional groups attached to an aromatic ring is 1. The van der Waals surface area contributed by atoms with Crippen LogP contribution in [0.1, 0.15) is 39.7 Å². The summed E-state index contributed by atoms with van der Waals surface area (Å²) in [6.07, 6.45) is 3.77. The van der Waals surface area contributed by atoms with Crippen LogP contribution in [0, 0.1) is 5.41 Å². The molecule has 0 aliphatic heterocycles. The molecule has 2 atom stereocenters. The monoisotopic (exact) mass is 279 g/mol. The molecule has 3 N–H and O–H groups in total. The van der Waals surface area contributed by atoms with Crippen LogP contribution in [0.3, 0.4) is 0 Å². The molecule has 0 aliphatic carbocycles. The van der Waals surface area contributed by atoms with Gasteiger partial charge in [0.1, 0.15) is 5.82 Å². The molecule has 1 aromatic heterocycles. The Kier molecular flexibility index (Phi) is 6.43. The van der Waals surface area contributed by atoms with E-state index < -0.39 is 0 Å². The van der Waals surface area contributed by atoms with E-state index in [1.165, 1.54) is 0 Å². The predicted molar refractivity (Wildman–Crippen MR) is 84.7 cm³/mol. The molecule has 0 radical (unpaired) electrons. The highest BCUT2D eigenvalue weighted by Gasteiger charge is 2.32. The van der Waals surface area contributed by atoms with Gasteiger partial charge in [-0.25, -0.2) is 4.98 Å².